The quantitative estimate of drug-likeness (QED) is 0.838. The van der Waals surface area contributed by atoms with Gasteiger partial charge >= 0.3 is 5.97 Å². The number of carbonyl (C=O) groups is 1. The van der Waals surface area contributed by atoms with E-state index in [0.29, 0.717) is 19.0 Å². The highest BCUT2D eigenvalue weighted by Crippen LogP contribution is 2.37. The van der Waals surface area contributed by atoms with Crippen LogP contribution in [0.2, 0.25) is 0 Å². The highest BCUT2D eigenvalue weighted by molar-refractivity contribution is 5.75. The molecular formula is C15H25N3O2. The maximum Gasteiger partial charge on any atom is 0.310 e. The van der Waals surface area contributed by atoms with Crippen LogP contribution in [0.25, 0.3) is 0 Å². The van der Waals surface area contributed by atoms with Crippen molar-refractivity contribution in [2.24, 2.45) is 12.5 Å². The first-order valence-electron chi connectivity index (χ1n) is 7.41. The molecule has 5 nitrogen and oxygen atoms in total. The summed E-state index contributed by atoms with van der Waals surface area (Å²) in [6, 6.07) is 0. The molecular weight excluding hydrogens is 254 g/mol. The Kier molecular flexibility index (Phi) is 4.48. The average Bonchev–Trinajstić information content (AvgIpc) is 2.98. The van der Waals surface area contributed by atoms with E-state index >= 15 is 0 Å². The molecule has 0 aromatic carbocycles. The van der Waals surface area contributed by atoms with Gasteiger partial charge in [0.05, 0.1) is 17.3 Å². The second-order valence-corrected chi connectivity index (χ2v) is 6.22. The minimum atomic E-state index is -0.656. The SMILES string of the molecule is CC(C)c1cnn(C)c1CNCC1(C(=O)O)CCCC1. The Bertz CT molecular complexity index is 473. The van der Waals surface area contributed by atoms with Crippen LogP contribution in [-0.4, -0.2) is 27.4 Å². The Labute approximate surface area is 120 Å². The van der Waals surface area contributed by atoms with Crippen LogP contribution in [0.4, 0.5) is 0 Å². The molecule has 2 rings (SSSR count). The maximum absolute atomic E-state index is 11.5. The Hall–Kier alpha value is -1.36. The molecule has 1 aromatic heterocycles. The fourth-order valence-corrected chi connectivity index (χ4v) is 3.12. The standard InChI is InChI=1S/C15H25N3O2/c1-11(2)12-8-17-18(3)13(12)9-16-10-15(14(19)20)6-4-5-7-15/h8,11,16H,4-7,9-10H2,1-3H3,(H,19,20). The Morgan fingerprint density at radius 3 is 2.70 bits per heavy atom. The number of hydrogen-bond acceptors (Lipinski definition) is 3. The van der Waals surface area contributed by atoms with Crippen molar-refractivity contribution in [3.63, 3.8) is 0 Å². The maximum atomic E-state index is 11.5. The Balaban J connectivity index is 1.99. The number of nitrogens with zero attached hydrogens (tertiary/aromatic N) is 2. The van der Waals surface area contributed by atoms with E-state index in [9.17, 15) is 9.90 Å². The van der Waals surface area contributed by atoms with Gasteiger partial charge in [-0.1, -0.05) is 26.7 Å². The summed E-state index contributed by atoms with van der Waals surface area (Å²) < 4.78 is 1.88. The zero-order valence-electron chi connectivity index (χ0n) is 12.6. The van der Waals surface area contributed by atoms with Crippen LogP contribution in [-0.2, 0) is 18.4 Å². The molecule has 0 bridgehead atoms. The summed E-state index contributed by atoms with van der Waals surface area (Å²) in [5.41, 5.74) is 1.82. The van der Waals surface area contributed by atoms with Crippen LogP contribution < -0.4 is 5.32 Å². The molecule has 1 aromatic rings. The van der Waals surface area contributed by atoms with E-state index in [-0.39, 0.29) is 0 Å². The lowest BCUT2D eigenvalue weighted by atomic mass is 9.86. The smallest absolute Gasteiger partial charge is 0.310 e. The topological polar surface area (TPSA) is 67.2 Å². The zero-order valence-corrected chi connectivity index (χ0v) is 12.6. The number of rotatable bonds is 6. The first-order valence-corrected chi connectivity index (χ1v) is 7.41. The average molecular weight is 279 g/mol. The fraction of sp³-hybridized carbons (Fsp3) is 0.733. The summed E-state index contributed by atoms with van der Waals surface area (Å²) in [6.07, 6.45) is 5.54. The van der Waals surface area contributed by atoms with E-state index in [0.717, 1.165) is 31.4 Å². The molecule has 112 valence electrons. The predicted molar refractivity (Wildman–Crippen MR) is 77.5 cm³/mol. The van der Waals surface area contributed by atoms with Crippen molar-refractivity contribution in [1.82, 2.24) is 15.1 Å². The molecule has 20 heavy (non-hydrogen) atoms. The third kappa shape index (κ3) is 2.87. The van der Waals surface area contributed by atoms with Gasteiger partial charge in [-0.25, -0.2) is 0 Å². The second-order valence-electron chi connectivity index (χ2n) is 6.22. The first kappa shape index (κ1) is 15.0. The monoisotopic (exact) mass is 279 g/mol. The number of nitrogens with one attached hydrogen (secondary N) is 1. The third-order valence-corrected chi connectivity index (χ3v) is 4.49. The normalized spacial score (nSPS) is 17.8. The Morgan fingerprint density at radius 1 is 1.50 bits per heavy atom. The molecule has 1 saturated carbocycles. The van der Waals surface area contributed by atoms with Crippen LogP contribution in [0, 0.1) is 5.41 Å². The summed E-state index contributed by atoms with van der Waals surface area (Å²) in [5, 5.41) is 17.1. The van der Waals surface area contributed by atoms with E-state index in [1.165, 1.54) is 5.56 Å². The van der Waals surface area contributed by atoms with E-state index in [1.807, 2.05) is 17.9 Å². The van der Waals surface area contributed by atoms with Crippen LogP contribution in [0.3, 0.4) is 0 Å². The number of aliphatic carboxylic acids is 1. The van der Waals surface area contributed by atoms with Crippen molar-refractivity contribution in [2.75, 3.05) is 6.54 Å². The summed E-state index contributed by atoms with van der Waals surface area (Å²) in [7, 11) is 1.94. The van der Waals surface area contributed by atoms with Gasteiger partial charge in [-0.15, -0.1) is 0 Å². The molecule has 2 N–H and O–H groups in total. The molecule has 1 fully saturated rings. The van der Waals surface area contributed by atoms with Crippen molar-refractivity contribution in [2.45, 2.75) is 52.0 Å². The van der Waals surface area contributed by atoms with Gasteiger partial charge in [-0.05, 0) is 24.3 Å². The van der Waals surface area contributed by atoms with Gasteiger partial charge in [0, 0.05) is 20.1 Å². The van der Waals surface area contributed by atoms with Crippen LogP contribution >= 0.6 is 0 Å². The number of carboxylic acid groups (broad SMARTS) is 1. The summed E-state index contributed by atoms with van der Waals surface area (Å²) in [6.45, 7) is 5.52. The van der Waals surface area contributed by atoms with Crippen LogP contribution in [0.1, 0.15) is 56.7 Å². The molecule has 1 aliphatic rings. The predicted octanol–water partition coefficient (Wildman–Crippen LogP) is 2.28. The zero-order chi connectivity index (χ0) is 14.8. The minimum absolute atomic E-state index is 0.431. The van der Waals surface area contributed by atoms with E-state index in [4.69, 9.17) is 0 Å². The fourth-order valence-electron chi connectivity index (χ4n) is 3.12. The van der Waals surface area contributed by atoms with E-state index in [1.54, 1.807) is 0 Å². The van der Waals surface area contributed by atoms with Crippen molar-refractivity contribution < 1.29 is 9.90 Å². The highest BCUT2D eigenvalue weighted by Gasteiger charge is 2.40. The summed E-state index contributed by atoms with van der Waals surface area (Å²) >= 11 is 0. The first-order chi connectivity index (χ1) is 9.46. The highest BCUT2D eigenvalue weighted by atomic mass is 16.4. The van der Waals surface area contributed by atoms with Crippen molar-refractivity contribution in [3.8, 4) is 0 Å². The summed E-state index contributed by atoms with van der Waals surface area (Å²) in [5.74, 6) is -0.225. The Morgan fingerprint density at radius 2 is 2.15 bits per heavy atom. The van der Waals surface area contributed by atoms with Gasteiger partial charge in [-0.2, -0.15) is 5.10 Å². The lowest BCUT2D eigenvalue weighted by Gasteiger charge is -2.24. The van der Waals surface area contributed by atoms with Gasteiger partial charge in [0.1, 0.15) is 0 Å². The van der Waals surface area contributed by atoms with E-state index < -0.39 is 11.4 Å². The van der Waals surface area contributed by atoms with Gasteiger partial charge in [-0.3, -0.25) is 9.48 Å². The molecule has 1 aliphatic carbocycles. The molecule has 1 heterocycles. The second kappa shape index (κ2) is 5.95. The number of aryl methyl sites for hydroxylation is 1. The number of carboxylic acids is 1. The molecule has 0 spiro atoms. The molecule has 0 saturated heterocycles. The lowest BCUT2D eigenvalue weighted by Crippen LogP contribution is -2.39. The molecule has 0 radical (unpaired) electrons. The van der Waals surface area contributed by atoms with Crippen LogP contribution in [0.5, 0.6) is 0 Å². The van der Waals surface area contributed by atoms with E-state index in [2.05, 4.69) is 24.3 Å². The third-order valence-electron chi connectivity index (χ3n) is 4.49. The van der Waals surface area contributed by atoms with Crippen molar-refractivity contribution >= 4 is 5.97 Å². The largest absolute Gasteiger partial charge is 0.481 e. The van der Waals surface area contributed by atoms with Crippen molar-refractivity contribution in [3.05, 3.63) is 17.5 Å². The van der Waals surface area contributed by atoms with Crippen LogP contribution in [0.15, 0.2) is 6.20 Å². The summed E-state index contributed by atoms with van der Waals surface area (Å²) in [4.78, 5) is 11.5. The minimum Gasteiger partial charge on any atom is -0.481 e. The van der Waals surface area contributed by atoms with Gasteiger partial charge in [0.2, 0.25) is 0 Å². The molecule has 0 aliphatic heterocycles. The van der Waals surface area contributed by atoms with Gasteiger partial charge < -0.3 is 10.4 Å². The van der Waals surface area contributed by atoms with Gasteiger partial charge in [0.15, 0.2) is 0 Å². The number of aromatic nitrogens is 2. The molecule has 0 atom stereocenters. The number of hydrogen-bond donors (Lipinski definition) is 2. The van der Waals surface area contributed by atoms with Crippen molar-refractivity contribution in [1.29, 1.82) is 0 Å². The molecule has 5 heteroatoms. The lowest BCUT2D eigenvalue weighted by molar-refractivity contribution is -0.148. The molecule has 0 unspecified atom stereocenters. The van der Waals surface area contributed by atoms with Gasteiger partial charge in [0.25, 0.3) is 0 Å². The molecule has 0 amide bonds.